The van der Waals surface area contributed by atoms with Crippen LogP contribution in [0.5, 0.6) is 0 Å². The Balaban J connectivity index is 3.07. The predicted octanol–water partition coefficient (Wildman–Crippen LogP) is 2.52. The molecule has 0 aliphatic heterocycles. The minimum absolute atomic E-state index is 0.226. The van der Waals surface area contributed by atoms with Gasteiger partial charge in [0, 0.05) is 0 Å². The number of benzene rings is 1. The predicted molar refractivity (Wildman–Crippen MR) is 69.0 cm³/mol. The van der Waals surface area contributed by atoms with Crippen LogP contribution in [0.15, 0.2) is 18.2 Å². The molecule has 0 heterocycles. The van der Waals surface area contributed by atoms with E-state index in [1.54, 1.807) is 0 Å². The Morgan fingerprint density at radius 2 is 1.94 bits per heavy atom. The zero-order valence-corrected chi connectivity index (χ0v) is 11.0. The van der Waals surface area contributed by atoms with Gasteiger partial charge in [0.25, 0.3) is 0 Å². The molecule has 0 radical (unpaired) electrons. The quantitative estimate of drug-likeness (QED) is 0.797. The van der Waals surface area contributed by atoms with Gasteiger partial charge in [0.1, 0.15) is 6.04 Å². The topological polar surface area (TPSA) is 38.3 Å². The van der Waals surface area contributed by atoms with Gasteiger partial charge in [-0.05, 0) is 43.5 Å². The van der Waals surface area contributed by atoms with Crippen molar-refractivity contribution in [2.24, 2.45) is 0 Å². The van der Waals surface area contributed by atoms with Gasteiger partial charge in [-0.25, -0.2) is 4.79 Å². The number of nitrogens with one attached hydrogen (secondary N) is 1. The summed E-state index contributed by atoms with van der Waals surface area (Å²) in [6.07, 6.45) is 0.985. The van der Waals surface area contributed by atoms with Crippen LogP contribution < -0.4 is 5.32 Å². The number of aryl methyl sites for hydroxylation is 2. The van der Waals surface area contributed by atoms with Crippen molar-refractivity contribution in [1.82, 2.24) is 5.32 Å². The summed E-state index contributed by atoms with van der Waals surface area (Å²) in [5, 5.41) is 3.24. The summed E-state index contributed by atoms with van der Waals surface area (Å²) in [5.74, 6) is -0.226. The lowest BCUT2D eigenvalue weighted by Crippen LogP contribution is -2.31. The Morgan fingerprint density at radius 1 is 1.35 bits per heavy atom. The van der Waals surface area contributed by atoms with Crippen LogP contribution in [0.3, 0.4) is 0 Å². The van der Waals surface area contributed by atoms with Gasteiger partial charge < -0.3 is 10.1 Å². The second kappa shape index (κ2) is 6.40. The molecular formula is C14H21NO2. The highest BCUT2D eigenvalue weighted by molar-refractivity contribution is 5.78. The van der Waals surface area contributed by atoms with Crippen molar-refractivity contribution in [3.8, 4) is 0 Å². The van der Waals surface area contributed by atoms with E-state index in [0.717, 1.165) is 29.7 Å². The number of methoxy groups -OCH3 is 1. The van der Waals surface area contributed by atoms with Crippen molar-refractivity contribution in [3.05, 3.63) is 34.9 Å². The second-order valence-electron chi connectivity index (χ2n) is 4.22. The van der Waals surface area contributed by atoms with E-state index in [1.165, 1.54) is 7.11 Å². The van der Waals surface area contributed by atoms with E-state index in [-0.39, 0.29) is 12.0 Å². The first kappa shape index (κ1) is 13.7. The molecular weight excluding hydrogens is 214 g/mol. The fourth-order valence-electron chi connectivity index (χ4n) is 1.99. The number of carbonyl (C=O) groups excluding carboxylic acids is 1. The molecule has 0 spiro atoms. The van der Waals surface area contributed by atoms with E-state index >= 15 is 0 Å². The van der Waals surface area contributed by atoms with E-state index in [1.807, 2.05) is 32.0 Å². The van der Waals surface area contributed by atoms with Gasteiger partial charge in [0.15, 0.2) is 0 Å². The number of hydrogen-bond donors (Lipinski definition) is 1. The summed E-state index contributed by atoms with van der Waals surface area (Å²) >= 11 is 0. The van der Waals surface area contributed by atoms with E-state index in [4.69, 9.17) is 4.74 Å². The number of rotatable bonds is 5. The molecule has 17 heavy (non-hydrogen) atoms. The Morgan fingerprint density at radius 3 is 2.41 bits per heavy atom. The van der Waals surface area contributed by atoms with Gasteiger partial charge in [-0.2, -0.15) is 0 Å². The fourth-order valence-corrected chi connectivity index (χ4v) is 1.99. The van der Waals surface area contributed by atoms with Crippen LogP contribution >= 0.6 is 0 Å². The third-order valence-corrected chi connectivity index (χ3v) is 2.87. The Hall–Kier alpha value is -1.35. The van der Waals surface area contributed by atoms with E-state index < -0.39 is 0 Å². The fraction of sp³-hybridized carbons (Fsp3) is 0.500. The van der Waals surface area contributed by atoms with Crippen molar-refractivity contribution in [3.63, 3.8) is 0 Å². The molecule has 1 unspecified atom stereocenters. The van der Waals surface area contributed by atoms with Crippen molar-refractivity contribution in [2.75, 3.05) is 13.7 Å². The maximum absolute atomic E-state index is 11.8. The number of esters is 1. The average molecular weight is 235 g/mol. The van der Waals surface area contributed by atoms with Crippen LogP contribution in [-0.2, 0) is 9.53 Å². The van der Waals surface area contributed by atoms with Gasteiger partial charge >= 0.3 is 5.97 Å². The lowest BCUT2D eigenvalue weighted by atomic mass is 9.96. The van der Waals surface area contributed by atoms with Crippen LogP contribution in [-0.4, -0.2) is 19.6 Å². The number of hydrogen-bond acceptors (Lipinski definition) is 3. The minimum atomic E-state index is -0.360. The van der Waals surface area contributed by atoms with Crippen LogP contribution in [0.4, 0.5) is 0 Å². The molecule has 94 valence electrons. The lowest BCUT2D eigenvalue weighted by molar-refractivity contribution is -0.143. The van der Waals surface area contributed by atoms with Crippen LogP contribution in [0.2, 0.25) is 0 Å². The van der Waals surface area contributed by atoms with Crippen LogP contribution in [0.1, 0.15) is 36.1 Å². The second-order valence-corrected chi connectivity index (χ2v) is 4.22. The highest BCUT2D eigenvalue weighted by Gasteiger charge is 2.23. The van der Waals surface area contributed by atoms with Crippen LogP contribution in [0.25, 0.3) is 0 Å². The first-order chi connectivity index (χ1) is 8.11. The molecule has 3 nitrogen and oxygen atoms in total. The largest absolute Gasteiger partial charge is 0.468 e. The minimum Gasteiger partial charge on any atom is -0.468 e. The third-order valence-electron chi connectivity index (χ3n) is 2.87. The monoisotopic (exact) mass is 235 g/mol. The normalized spacial score (nSPS) is 12.2. The number of carbonyl (C=O) groups is 1. The molecule has 1 aromatic rings. The van der Waals surface area contributed by atoms with Crippen molar-refractivity contribution in [2.45, 2.75) is 33.2 Å². The molecule has 1 aromatic carbocycles. The third kappa shape index (κ3) is 3.30. The van der Waals surface area contributed by atoms with Crippen molar-refractivity contribution >= 4 is 5.97 Å². The smallest absolute Gasteiger partial charge is 0.327 e. The van der Waals surface area contributed by atoms with Gasteiger partial charge in [-0.3, -0.25) is 0 Å². The van der Waals surface area contributed by atoms with E-state index in [0.29, 0.717) is 0 Å². The van der Waals surface area contributed by atoms with Crippen molar-refractivity contribution < 1.29 is 9.53 Å². The first-order valence-electron chi connectivity index (χ1n) is 5.99. The molecule has 0 aromatic heterocycles. The molecule has 0 saturated heterocycles. The molecule has 1 atom stereocenters. The van der Waals surface area contributed by atoms with Crippen LogP contribution in [0, 0.1) is 13.8 Å². The zero-order valence-electron chi connectivity index (χ0n) is 11.0. The molecule has 0 fully saturated rings. The summed E-state index contributed by atoms with van der Waals surface area (Å²) in [5.41, 5.74) is 3.26. The lowest BCUT2D eigenvalue weighted by Gasteiger charge is -2.20. The molecule has 0 aliphatic carbocycles. The van der Waals surface area contributed by atoms with Gasteiger partial charge in [0.05, 0.1) is 7.11 Å². The Kier molecular flexibility index (Phi) is 5.16. The number of ether oxygens (including phenoxy) is 1. The maximum atomic E-state index is 11.8. The van der Waals surface area contributed by atoms with E-state index in [2.05, 4.69) is 12.2 Å². The van der Waals surface area contributed by atoms with E-state index in [9.17, 15) is 4.79 Å². The maximum Gasteiger partial charge on any atom is 0.327 e. The highest BCUT2D eigenvalue weighted by Crippen LogP contribution is 2.22. The van der Waals surface area contributed by atoms with Gasteiger partial charge in [0.2, 0.25) is 0 Å². The summed E-state index contributed by atoms with van der Waals surface area (Å²) in [7, 11) is 1.43. The summed E-state index contributed by atoms with van der Waals surface area (Å²) in [6.45, 7) is 6.91. The van der Waals surface area contributed by atoms with Gasteiger partial charge in [-0.1, -0.05) is 25.1 Å². The summed E-state index contributed by atoms with van der Waals surface area (Å²) < 4.78 is 4.87. The van der Waals surface area contributed by atoms with Crippen molar-refractivity contribution in [1.29, 1.82) is 0 Å². The molecule has 0 bridgehead atoms. The average Bonchev–Trinajstić information content (AvgIpc) is 2.32. The highest BCUT2D eigenvalue weighted by atomic mass is 16.5. The summed E-state index contributed by atoms with van der Waals surface area (Å²) in [4.78, 5) is 11.8. The molecule has 0 amide bonds. The zero-order chi connectivity index (χ0) is 12.8. The molecule has 3 heteroatoms. The SMILES string of the molecule is CCCNC(C(=O)OC)c1c(C)cccc1C. The Labute approximate surface area is 103 Å². The first-order valence-corrected chi connectivity index (χ1v) is 5.99. The molecule has 1 rings (SSSR count). The molecule has 0 saturated carbocycles. The Bertz CT molecular complexity index is 368. The molecule has 1 N–H and O–H groups in total. The molecule has 0 aliphatic rings. The summed E-state index contributed by atoms with van der Waals surface area (Å²) in [6, 6.07) is 5.68. The van der Waals surface area contributed by atoms with Gasteiger partial charge in [-0.15, -0.1) is 0 Å². The standard InChI is InChI=1S/C14H21NO2/c1-5-9-15-13(14(16)17-4)12-10(2)7-6-8-11(12)3/h6-8,13,15H,5,9H2,1-4H3.